The number of aliphatic hydroxyl groups is 1. The maximum Gasteiger partial charge on any atom is 0.0488 e. The maximum atomic E-state index is 8.72. The van der Waals surface area contributed by atoms with E-state index in [4.69, 9.17) is 10.8 Å². The van der Waals surface area contributed by atoms with Gasteiger partial charge in [-0.1, -0.05) is 0 Å². The Morgan fingerprint density at radius 3 is 2.87 bits per heavy atom. The molecule has 0 aliphatic rings. The molecule has 0 aromatic heterocycles. The van der Waals surface area contributed by atoms with E-state index in [-0.39, 0.29) is 6.61 Å². The molecular weight excluding hydrogens is 256 g/mol. The molecule has 1 aromatic carbocycles. The first-order chi connectivity index (χ1) is 7.13. The maximum absolute atomic E-state index is 8.72. The fraction of sp³-hybridized carbons (Fsp3) is 0.455. The number of hydrogen-bond donors (Lipinski definition) is 3. The van der Waals surface area contributed by atoms with Gasteiger partial charge in [-0.15, -0.1) is 0 Å². The lowest BCUT2D eigenvalue weighted by atomic mass is 10.2. The molecule has 0 heterocycles. The van der Waals surface area contributed by atoms with Crippen molar-refractivity contribution in [2.75, 3.05) is 17.7 Å². The standard InChI is InChI=1S/C11H17BrN2O/c1-8(3-2-6-15)14-11-5-4-9(13)7-10(11)12/h4-5,7-8,14-15H,2-3,6,13H2,1H3. The highest BCUT2D eigenvalue weighted by Gasteiger charge is 2.04. The van der Waals surface area contributed by atoms with Crippen LogP contribution in [-0.2, 0) is 0 Å². The summed E-state index contributed by atoms with van der Waals surface area (Å²) >= 11 is 3.45. The van der Waals surface area contributed by atoms with E-state index in [1.165, 1.54) is 0 Å². The summed E-state index contributed by atoms with van der Waals surface area (Å²) < 4.78 is 0.971. The zero-order valence-electron chi connectivity index (χ0n) is 8.83. The van der Waals surface area contributed by atoms with E-state index in [2.05, 4.69) is 28.2 Å². The van der Waals surface area contributed by atoms with Gasteiger partial charge in [0, 0.05) is 28.5 Å². The van der Waals surface area contributed by atoms with Crippen LogP contribution >= 0.6 is 15.9 Å². The third kappa shape index (κ3) is 4.10. The Labute approximate surface area is 98.8 Å². The zero-order chi connectivity index (χ0) is 11.3. The first-order valence-corrected chi connectivity index (χ1v) is 5.85. The largest absolute Gasteiger partial charge is 0.399 e. The minimum Gasteiger partial charge on any atom is -0.399 e. The molecule has 0 saturated carbocycles. The van der Waals surface area contributed by atoms with Gasteiger partial charge in [0.2, 0.25) is 0 Å². The molecule has 0 amide bonds. The summed E-state index contributed by atoms with van der Waals surface area (Å²) in [5.74, 6) is 0. The second-order valence-corrected chi connectivity index (χ2v) is 4.50. The molecule has 0 bridgehead atoms. The molecule has 0 aliphatic carbocycles. The lowest BCUT2D eigenvalue weighted by Crippen LogP contribution is -2.15. The van der Waals surface area contributed by atoms with Crippen LogP contribution in [0.4, 0.5) is 11.4 Å². The van der Waals surface area contributed by atoms with Gasteiger partial charge < -0.3 is 16.2 Å². The van der Waals surface area contributed by atoms with Gasteiger partial charge in [-0.25, -0.2) is 0 Å². The smallest absolute Gasteiger partial charge is 0.0488 e. The number of nitrogens with one attached hydrogen (secondary N) is 1. The van der Waals surface area contributed by atoms with Crippen LogP contribution in [0.3, 0.4) is 0 Å². The Balaban J connectivity index is 2.56. The average Bonchev–Trinajstić information content (AvgIpc) is 2.19. The van der Waals surface area contributed by atoms with E-state index in [0.717, 1.165) is 28.7 Å². The Bertz CT molecular complexity index is 317. The molecule has 84 valence electrons. The van der Waals surface area contributed by atoms with E-state index >= 15 is 0 Å². The third-order valence-electron chi connectivity index (χ3n) is 2.19. The van der Waals surface area contributed by atoms with Gasteiger partial charge in [-0.3, -0.25) is 0 Å². The normalized spacial score (nSPS) is 12.5. The Kier molecular flexibility index (Phi) is 4.91. The van der Waals surface area contributed by atoms with Crippen molar-refractivity contribution in [1.29, 1.82) is 0 Å². The SMILES string of the molecule is CC(CCCO)Nc1ccc(N)cc1Br. The van der Waals surface area contributed by atoms with E-state index in [1.54, 1.807) is 0 Å². The summed E-state index contributed by atoms with van der Waals surface area (Å²) in [5, 5.41) is 12.1. The van der Waals surface area contributed by atoms with Gasteiger partial charge in [-0.2, -0.15) is 0 Å². The minimum absolute atomic E-state index is 0.245. The molecule has 4 N–H and O–H groups in total. The van der Waals surface area contributed by atoms with Crippen LogP contribution in [0.5, 0.6) is 0 Å². The van der Waals surface area contributed by atoms with Gasteiger partial charge in [0.05, 0.1) is 0 Å². The first-order valence-electron chi connectivity index (χ1n) is 5.06. The fourth-order valence-corrected chi connectivity index (χ4v) is 1.89. The van der Waals surface area contributed by atoms with E-state index in [9.17, 15) is 0 Å². The summed E-state index contributed by atoms with van der Waals surface area (Å²) in [4.78, 5) is 0. The molecule has 4 heteroatoms. The molecule has 1 unspecified atom stereocenters. The van der Waals surface area contributed by atoms with Crippen molar-refractivity contribution in [3.8, 4) is 0 Å². The molecule has 0 aliphatic heterocycles. The molecule has 1 atom stereocenters. The predicted octanol–water partition coefficient (Wildman–Crippen LogP) is 2.60. The Morgan fingerprint density at radius 1 is 1.53 bits per heavy atom. The van der Waals surface area contributed by atoms with Crippen molar-refractivity contribution in [1.82, 2.24) is 0 Å². The van der Waals surface area contributed by atoms with Gasteiger partial charge >= 0.3 is 0 Å². The number of hydrogen-bond acceptors (Lipinski definition) is 3. The molecule has 0 radical (unpaired) electrons. The molecule has 3 nitrogen and oxygen atoms in total. The Morgan fingerprint density at radius 2 is 2.27 bits per heavy atom. The van der Waals surface area contributed by atoms with Gasteiger partial charge in [0.1, 0.15) is 0 Å². The van der Waals surface area contributed by atoms with E-state index < -0.39 is 0 Å². The van der Waals surface area contributed by atoms with Gasteiger partial charge in [0.25, 0.3) is 0 Å². The summed E-state index contributed by atoms with van der Waals surface area (Å²) in [6.45, 7) is 2.34. The summed E-state index contributed by atoms with van der Waals surface area (Å²) in [6, 6.07) is 6.04. The number of nitrogen functional groups attached to an aromatic ring is 1. The van der Waals surface area contributed by atoms with Crippen LogP contribution in [0, 0.1) is 0 Å². The topological polar surface area (TPSA) is 58.3 Å². The quantitative estimate of drug-likeness (QED) is 0.723. The van der Waals surface area contributed by atoms with Crippen LogP contribution in [0.15, 0.2) is 22.7 Å². The van der Waals surface area contributed by atoms with Crippen LogP contribution in [0.1, 0.15) is 19.8 Å². The monoisotopic (exact) mass is 272 g/mol. The van der Waals surface area contributed by atoms with Crippen molar-refractivity contribution < 1.29 is 5.11 Å². The lowest BCUT2D eigenvalue weighted by Gasteiger charge is -2.16. The number of anilines is 2. The summed E-state index contributed by atoms with van der Waals surface area (Å²) in [7, 11) is 0. The summed E-state index contributed by atoms with van der Waals surface area (Å²) in [5.41, 5.74) is 7.43. The lowest BCUT2D eigenvalue weighted by molar-refractivity contribution is 0.282. The third-order valence-corrected chi connectivity index (χ3v) is 2.85. The van der Waals surface area contributed by atoms with Crippen LogP contribution in [0.2, 0.25) is 0 Å². The average molecular weight is 273 g/mol. The number of rotatable bonds is 5. The summed E-state index contributed by atoms with van der Waals surface area (Å²) in [6.07, 6.45) is 1.77. The molecule has 0 spiro atoms. The molecule has 1 aromatic rings. The highest BCUT2D eigenvalue weighted by molar-refractivity contribution is 9.10. The van der Waals surface area contributed by atoms with Gasteiger partial charge in [0.15, 0.2) is 0 Å². The fourth-order valence-electron chi connectivity index (χ4n) is 1.38. The molecule has 0 fully saturated rings. The van der Waals surface area contributed by atoms with Crippen molar-refractivity contribution in [3.63, 3.8) is 0 Å². The van der Waals surface area contributed by atoms with Crippen molar-refractivity contribution in [2.45, 2.75) is 25.8 Å². The highest BCUT2D eigenvalue weighted by Crippen LogP contribution is 2.25. The second kappa shape index (κ2) is 5.98. The second-order valence-electron chi connectivity index (χ2n) is 3.65. The van der Waals surface area contributed by atoms with Gasteiger partial charge in [-0.05, 0) is 53.9 Å². The molecule has 15 heavy (non-hydrogen) atoms. The zero-order valence-corrected chi connectivity index (χ0v) is 10.4. The van der Waals surface area contributed by atoms with E-state index in [1.807, 2.05) is 18.2 Å². The molecule has 1 rings (SSSR count). The van der Waals surface area contributed by atoms with E-state index in [0.29, 0.717) is 6.04 Å². The molecular formula is C11H17BrN2O. The van der Waals surface area contributed by atoms with Crippen LogP contribution in [-0.4, -0.2) is 17.8 Å². The highest BCUT2D eigenvalue weighted by atomic mass is 79.9. The van der Waals surface area contributed by atoms with Crippen LogP contribution < -0.4 is 11.1 Å². The van der Waals surface area contributed by atoms with Crippen molar-refractivity contribution in [2.24, 2.45) is 0 Å². The van der Waals surface area contributed by atoms with Crippen molar-refractivity contribution in [3.05, 3.63) is 22.7 Å². The minimum atomic E-state index is 0.245. The van der Waals surface area contributed by atoms with Crippen LogP contribution in [0.25, 0.3) is 0 Å². The molecule has 0 saturated heterocycles. The predicted molar refractivity (Wildman–Crippen MR) is 68.0 cm³/mol. The number of benzene rings is 1. The Hall–Kier alpha value is -0.740. The van der Waals surface area contributed by atoms with Crippen molar-refractivity contribution >= 4 is 27.3 Å². The number of nitrogens with two attached hydrogens (primary N) is 1. The number of halogens is 1. The number of aliphatic hydroxyl groups excluding tert-OH is 1. The first kappa shape index (κ1) is 12.3.